The van der Waals surface area contributed by atoms with Crippen LogP contribution in [0.1, 0.15) is 11.6 Å². The van der Waals surface area contributed by atoms with E-state index in [0.717, 1.165) is 18.1 Å². The predicted molar refractivity (Wildman–Crippen MR) is 92.3 cm³/mol. The van der Waals surface area contributed by atoms with Crippen molar-refractivity contribution in [1.82, 2.24) is 24.1 Å². The van der Waals surface area contributed by atoms with Gasteiger partial charge in [-0.05, 0) is 17.7 Å². The molecule has 0 radical (unpaired) electrons. The van der Waals surface area contributed by atoms with Crippen molar-refractivity contribution in [3.63, 3.8) is 0 Å². The smallest absolute Gasteiger partial charge is 0.159 e. The van der Waals surface area contributed by atoms with E-state index in [2.05, 4.69) is 48.4 Å². The van der Waals surface area contributed by atoms with Gasteiger partial charge in [0.05, 0.1) is 12.4 Å². The summed E-state index contributed by atoms with van der Waals surface area (Å²) < 4.78 is 4.26. The number of imidazole rings is 2. The molecule has 1 atom stereocenters. The van der Waals surface area contributed by atoms with Gasteiger partial charge in [-0.3, -0.25) is 4.98 Å². The van der Waals surface area contributed by atoms with Gasteiger partial charge >= 0.3 is 0 Å². The summed E-state index contributed by atoms with van der Waals surface area (Å²) in [4.78, 5) is 13.1. The molecule has 5 nitrogen and oxygen atoms in total. The van der Waals surface area contributed by atoms with Gasteiger partial charge in [0.25, 0.3) is 0 Å². The molecule has 0 saturated heterocycles. The maximum absolute atomic E-state index is 4.54. The normalized spacial score (nSPS) is 12.2. The molecule has 3 heterocycles. The van der Waals surface area contributed by atoms with Gasteiger partial charge in [-0.2, -0.15) is 0 Å². The van der Waals surface area contributed by atoms with E-state index in [0.29, 0.717) is 0 Å². The fourth-order valence-corrected chi connectivity index (χ4v) is 2.88. The molecule has 0 N–H and O–H groups in total. The zero-order valence-corrected chi connectivity index (χ0v) is 13.1. The minimum atomic E-state index is 0.111. The largest absolute Gasteiger partial charge is 0.335 e. The Morgan fingerprint density at radius 3 is 2.46 bits per heavy atom. The first kappa shape index (κ1) is 14.4. The summed E-state index contributed by atoms with van der Waals surface area (Å²) in [6.07, 6.45) is 11.3. The SMILES string of the molecule is c1ccc(C(Cn2ccnc2)n2ccnc2-c2ccccn2)cc1. The van der Waals surface area contributed by atoms with Crippen molar-refractivity contribution in [2.24, 2.45) is 0 Å². The van der Waals surface area contributed by atoms with E-state index in [-0.39, 0.29) is 6.04 Å². The zero-order valence-electron chi connectivity index (χ0n) is 13.1. The van der Waals surface area contributed by atoms with E-state index in [1.54, 1.807) is 12.4 Å². The number of aromatic nitrogens is 5. The Morgan fingerprint density at radius 2 is 1.71 bits per heavy atom. The van der Waals surface area contributed by atoms with Crippen molar-refractivity contribution in [3.8, 4) is 11.5 Å². The van der Waals surface area contributed by atoms with Crippen molar-refractivity contribution in [3.05, 3.63) is 91.4 Å². The third-order valence-electron chi connectivity index (χ3n) is 4.03. The molecule has 0 saturated carbocycles. The lowest BCUT2D eigenvalue weighted by molar-refractivity contribution is 0.496. The first-order valence-corrected chi connectivity index (χ1v) is 7.87. The highest BCUT2D eigenvalue weighted by Crippen LogP contribution is 2.26. The second-order valence-electron chi connectivity index (χ2n) is 5.56. The number of pyridine rings is 1. The molecule has 0 spiro atoms. The first-order valence-electron chi connectivity index (χ1n) is 7.87. The second kappa shape index (κ2) is 6.50. The van der Waals surface area contributed by atoms with Crippen LogP contribution in [0.15, 0.2) is 85.8 Å². The zero-order chi connectivity index (χ0) is 16.2. The van der Waals surface area contributed by atoms with Gasteiger partial charge < -0.3 is 9.13 Å². The molecule has 1 unspecified atom stereocenters. The van der Waals surface area contributed by atoms with E-state index in [4.69, 9.17) is 0 Å². The van der Waals surface area contributed by atoms with Crippen molar-refractivity contribution in [2.75, 3.05) is 0 Å². The fourth-order valence-electron chi connectivity index (χ4n) is 2.88. The topological polar surface area (TPSA) is 48.5 Å². The number of nitrogens with zero attached hydrogens (tertiary/aromatic N) is 5. The van der Waals surface area contributed by atoms with Gasteiger partial charge in [-0.1, -0.05) is 36.4 Å². The van der Waals surface area contributed by atoms with Crippen LogP contribution in [0.3, 0.4) is 0 Å². The van der Waals surface area contributed by atoms with Crippen molar-refractivity contribution < 1.29 is 0 Å². The molecular formula is C19H17N5. The molecule has 118 valence electrons. The van der Waals surface area contributed by atoms with Crippen molar-refractivity contribution >= 4 is 0 Å². The molecule has 0 aliphatic rings. The van der Waals surface area contributed by atoms with Crippen molar-refractivity contribution in [1.29, 1.82) is 0 Å². The third kappa shape index (κ3) is 2.84. The Balaban J connectivity index is 1.79. The van der Waals surface area contributed by atoms with Crippen LogP contribution in [-0.4, -0.2) is 24.1 Å². The second-order valence-corrected chi connectivity index (χ2v) is 5.56. The summed E-state index contributed by atoms with van der Waals surface area (Å²) in [7, 11) is 0. The van der Waals surface area contributed by atoms with E-state index >= 15 is 0 Å². The number of hydrogen-bond acceptors (Lipinski definition) is 3. The lowest BCUT2D eigenvalue weighted by atomic mass is 10.1. The van der Waals surface area contributed by atoms with Crippen LogP contribution in [0, 0.1) is 0 Å². The molecule has 5 heteroatoms. The van der Waals surface area contributed by atoms with E-state index in [1.165, 1.54) is 5.56 Å². The van der Waals surface area contributed by atoms with E-state index < -0.39 is 0 Å². The van der Waals surface area contributed by atoms with Gasteiger partial charge in [0.15, 0.2) is 5.82 Å². The minimum Gasteiger partial charge on any atom is -0.335 e. The van der Waals surface area contributed by atoms with Gasteiger partial charge in [0.1, 0.15) is 5.69 Å². The van der Waals surface area contributed by atoms with Crippen LogP contribution in [0.4, 0.5) is 0 Å². The van der Waals surface area contributed by atoms with Gasteiger partial charge in [-0.15, -0.1) is 0 Å². The van der Waals surface area contributed by atoms with E-state index in [1.807, 2.05) is 49.2 Å². The van der Waals surface area contributed by atoms with Crippen LogP contribution in [0.25, 0.3) is 11.5 Å². The summed E-state index contributed by atoms with van der Waals surface area (Å²) in [5, 5.41) is 0. The molecule has 4 rings (SSSR count). The summed E-state index contributed by atoms with van der Waals surface area (Å²) in [6, 6.07) is 16.4. The Labute approximate surface area is 140 Å². The van der Waals surface area contributed by atoms with Gasteiger partial charge in [0.2, 0.25) is 0 Å². The first-order chi connectivity index (χ1) is 11.9. The number of hydrogen-bond donors (Lipinski definition) is 0. The molecule has 3 aromatic heterocycles. The molecule has 24 heavy (non-hydrogen) atoms. The molecule has 0 amide bonds. The summed E-state index contributed by atoms with van der Waals surface area (Å²) >= 11 is 0. The Morgan fingerprint density at radius 1 is 0.833 bits per heavy atom. The average molecular weight is 315 g/mol. The van der Waals surface area contributed by atoms with Gasteiger partial charge in [0, 0.05) is 37.5 Å². The third-order valence-corrected chi connectivity index (χ3v) is 4.03. The average Bonchev–Trinajstić information content (AvgIpc) is 3.33. The highest BCUT2D eigenvalue weighted by atomic mass is 15.1. The standard InChI is InChI=1S/C19H17N5/c1-2-6-16(7-3-1)18(14-23-12-10-20-15-23)24-13-11-22-19(24)17-8-4-5-9-21-17/h1-13,15,18H,14H2. The molecule has 0 aliphatic carbocycles. The predicted octanol–water partition coefficient (Wildman–Crippen LogP) is 3.43. The number of rotatable bonds is 5. The highest BCUT2D eigenvalue weighted by molar-refractivity contribution is 5.50. The molecule has 4 aromatic rings. The lowest BCUT2D eigenvalue weighted by Crippen LogP contribution is -2.17. The molecule has 0 aliphatic heterocycles. The van der Waals surface area contributed by atoms with Gasteiger partial charge in [-0.25, -0.2) is 9.97 Å². The summed E-state index contributed by atoms with van der Waals surface area (Å²) in [5.74, 6) is 0.865. The number of benzene rings is 1. The van der Waals surface area contributed by atoms with Crippen molar-refractivity contribution in [2.45, 2.75) is 12.6 Å². The van der Waals surface area contributed by atoms with Crippen LogP contribution in [0.2, 0.25) is 0 Å². The Bertz CT molecular complexity index is 882. The highest BCUT2D eigenvalue weighted by Gasteiger charge is 2.18. The summed E-state index contributed by atoms with van der Waals surface area (Å²) in [5.41, 5.74) is 2.09. The maximum atomic E-state index is 4.54. The fraction of sp³-hybridized carbons (Fsp3) is 0.105. The van der Waals surface area contributed by atoms with E-state index in [9.17, 15) is 0 Å². The van der Waals surface area contributed by atoms with Crippen LogP contribution < -0.4 is 0 Å². The Kier molecular flexibility index (Phi) is 3.90. The van der Waals surface area contributed by atoms with Crippen LogP contribution in [-0.2, 0) is 6.54 Å². The lowest BCUT2D eigenvalue weighted by Gasteiger charge is -2.22. The molecule has 0 bridgehead atoms. The molecule has 0 fully saturated rings. The van der Waals surface area contributed by atoms with Crippen LogP contribution in [0.5, 0.6) is 0 Å². The molecule has 1 aromatic carbocycles. The Hall–Kier alpha value is -3.21. The van der Waals surface area contributed by atoms with Crippen LogP contribution >= 0.6 is 0 Å². The quantitative estimate of drug-likeness (QED) is 0.567. The molecular weight excluding hydrogens is 298 g/mol. The maximum Gasteiger partial charge on any atom is 0.159 e. The monoisotopic (exact) mass is 315 g/mol. The minimum absolute atomic E-state index is 0.111. The summed E-state index contributed by atoms with van der Waals surface area (Å²) in [6.45, 7) is 0.778.